The van der Waals surface area contributed by atoms with Crippen LogP contribution in [-0.4, -0.2) is 69.7 Å². The molecule has 2 saturated heterocycles. The van der Waals surface area contributed by atoms with Gasteiger partial charge in [0, 0.05) is 43.6 Å². The van der Waals surface area contributed by atoms with E-state index in [2.05, 4.69) is 4.90 Å². The van der Waals surface area contributed by atoms with Crippen LogP contribution in [0.5, 0.6) is 0 Å². The fourth-order valence-corrected chi connectivity index (χ4v) is 3.64. The summed E-state index contributed by atoms with van der Waals surface area (Å²) in [6, 6.07) is 4.13. The summed E-state index contributed by atoms with van der Waals surface area (Å²) in [7, 11) is 0. The summed E-state index contributed by atoms with van der Waals surface area (Å²) < 4.78 is 5.85. The van der Waals surface area contributed by atoms with Crippen molar-refractivity contribution in [2.75, 3.05) is 26.2 Å². The summed E-state index contributed by atoms with van der Waals surface area (Å²) in [5.41, 5.74) is -0.849. The number of aliphatic carboxylic acids is 1. The largest absolute Gasteiger partial charge is 0.480 e. The monoisotopic (exact) mass is 363 g/mol. The molecule has 0 unspecified atom stereocenters. The van der Waals surface area contributed by atoms with E-state index in [4.69, 9.17) is 4.74 Å². The number of non-ortho nitro benzene ring substituents is 1. The van der Waals surface area contributed by atoms with Gasteiger partial charge in [-0.2, -0.15) is 0 Å². The molecule has 140 valence electrons. The minimum atomic E-state index is -1.12. The maximum Gasteiger partial charge on any atom is 0.328 e. The molecule has 0 aromatic heterocycles. The van der Waals surface area contributed by atoms with Gasteiger partial charge in [-0.15, -0.1) is 0 Å². The molecule has 9 nitrogen and oxygen atoms in total. The predicted molar refractivity (Wildman–Crippen MR) is 90.7 cm³/mol. The van der Waals surface area contributed by atoms with Crippen molar-refractivity contribution in [3.63, 3.8) is 0 Å². The third-order valence-electron chi connectivity index (χ3n) is 5.17. The first-order valence-corrected chi connectivity index (χ1v) is 8.55. The van der Waals surface area contributed by atoms with Crippen LogP contribution >= 0.6 is 0 Å². The SMILES string of the molecule is CCN1CCC2(CC1)OC[C@H](C(=O)O)N2C(=O)c1ccc([N+](=O)[O-])cc1. The Hall–Kier alpha value is -2.52. The Labute approximate surface area is 150 Å². The van der Waals surface area contributed by atoms with Crippen LogP contribution in [0.25, 0.3) is 0 Å². The van der Waals surface area contributed by atoms with Gasteiger partial charge in [0.25, 0.3) is 11.6 Å². The number of piperidine rings is 1. The molecule has 0 aliphatic carbocycles. The Morgan fingerprint density at radius 3 is 2.42 bits per heavy atom. The Kier molecular flexibility index (Phi) is 4.92. The van der Waals surface area contributed by atoms with E-state index in [9.17, 15) is 24.8 Å². The lowest BCUT2D eigenvalue weighted by molar-refractivity contribution is -0.384. The second kappa shape index (κ2) is 7.00. The number of nitrogens with zero attached hydrogens (tertiary/aromatic N) is 3. The van der Waals surface area contributed by atoms with Crippen molar-refractivity contribution in [2.24, 2.45) is 0 Å². The molecule has 1 amide bonds. The number of ether oxygens (including phenoxy) is 1. The predicted octanol–water partition coefficient (Wildman–Crippen LogP) is 1.33. The molecule has 1 N–H and O–H groups in total. The van der Waals surface area contributed by atoms with Crippen LogP contribution in [-0.2, 0) is 9.53 Å². The summed E-state index contributed by atoms with van der Waals surface area (Å²) in [6.45, 7) is 4.31. The first-order chi connectivity index (χ1) is 12.4. The molecule has 1 aromatic rings. The Morgan fingerprint density at radius 2 is 1.92 bits per heavy atom. The molecular weight excluding hydrogens is 342 g/mol. The molecule has 0 radical (unpaired) electrons. The molecule has 0 bridgehead atoms. The van der Waals surface area contributed by atoms with Crippen molar-refractivity contribution in [1.29, 1.82) is 0 Å². The van der Waals surface area contributed by atoms with Gasteiger partial charge in [-0.25, -0.2) is 4.79 Å². The van der Waals surface area contributed by atoms with E-state index in [0.29, 0.717) is 25.9 Å². The highest BCUT2D eigenvalue weighted by atomic mass is 16.6. The number of likely N-dealkylation sites (tertiary alicyclic amines) is 1. The number of carboxylic acids is 1. The van der Waals surface area contributed by atoms with Crippen molar-refractivity contribution in [3.05, 3.63) is 39.9 Å². The van der Waals surface area contributed by atoms with E-state index in [0.717, 1.165) is 6.54 Å². The van der Waals surface area contributed by atoms with Gasteiger partial charge < -0.3 is 14.7 Å². The molecule has 9 heteroatoms. The zero-order chi connectivity index (χ0) is 18.9. The Morgan fingerprint density at radius 1 is 1.31 bits per heavy atom. The van der Waals surface area contributed by atoms with E-state index in [-0.39, 0.29) is 17.9 Å². The van der Waals surface area contributed by atoms with Crippen LogP contribution in [0, 0.1) is 10.1 Å². The second-order valence-electron chi connectivity index (χ2n) is 6.52. The van der Waals surface area contributed by atoms with Crippen molar-refractivity contribution in [2.45, 2.75) is 31.5 Å². The molecule has 1 atom stereocenters. The number of amides is 1. The Bertz CT molecular complexity index is 712. The fourth-order valence-electron chi connectivity index (χ4n) is 3.64. The summed E-state index contributed by atoms with van der Waals surface area (Å²) >= 11 is 0. The Balaban J connectivity index is 1.90. The van der Waals surface area contributed by atoms with Gasteiger partial charge in [-0.3, -0.25) is 19.8 Å². The number of hydrogen-bond acceptors (Lipinski definition) is 6. The number of carboxylic acid groups (broad SMARTS) is 1. The van der Waals surface area contributed by atoms with Gasteiger partial charge in [-0.05, 0) is 18.7 Å². The third-order valence-corrected chi connectivity index (χ3v) is 5.17. The smallest absolute Gasteiger partial charge is 0.328 e. The standard InChI is InChI=1S/C17H21N3O6/c1-2-18-9-7-17(8-10-18)19(14(11-26-17)16(22)23)15(21)12-3-5-13(6-4-12)20(24)25/h3-6,14H,2,7-11H2,1H3,(H,22,23)/t14-/m1/s1. The van der Waals surface area contributed by atoms with Crippen molar-refractivity contribution < 1.29 is 24.4 Å². The summed E-state index contributed by atoms with van der Waals surface area (Å²) in [5, 5.41) is 20.3. The van der Waals surface area contributed by atoms with Gasteiger partial charge >= 0.3 is 5.97 Å². The number of benzene rings is 1. The van der Waals surface area contributed by atoms with E-state index < -0.39 is 28.6 Å². The van der Waals surface area contributed by atoms with Crippen molar-refractivity contribution in [1.82, 2.24) is 9.80 Å². The normalized spacial score (nSPS) is 22.5. The zero-order valence-electron chi connectivity index (χ0n) is 14.5. The average molecular weight is 363 g/mol. The third kappa shape index (κ3) is 3.15. The van der Waals surface area contributed by atoms with Crippen LogP contribution in [0.1, 0.15) is 30.1 Å². The molecule has 2 heterocycles. The number of carbonyl (C=O) groups is 2. The molecular formula is C17H21N3O6. The molecule has 26 heavy (non-hydrogen) atoms. The van der Waals surface area contributed by atoms with Gasteiger partial charge in [0.2, 0.25) is 0 Å². The average Bonchev–Trinajstić information content (AvgIpc) is 3.01. The van der Waals surface area contributed by atoms with Gasteiger partial charge in [0.05, 0.1) is 11.5 Å². The van der Waals surface area contributed by atoms with Gasteiger partial charge in [0.15, 0.2) is 6.04 Å². The molecule has 2 aliphatic rings. The number of hydrogen-bond donors (Lipinski definition) is 1. The first-order valence-electron chi connectivity index (χ1n) is 8.55. The highest BCUT2D eigenvalue weighted by molar-refractivity contribution is 5.97. The number of rotatable bonds is 4. The maximum atomic E-state index is 13.1. The van der Waals surface area contributed by atoms with Crippen LogP contribution in [0.2, 0.25) is 0 Å². The summed E-state index contributed by atoms with van der Waals surface area (Å²) in [5.74, 6) is -1.59. The molecule has 2 aliphatic heterocycles. The van der Waals surface area contributed by atoms with Crippen molar-refractivity contribution in [3.8, 4) is 0 Å². The zero-order valence-corrected chi connectivity index (χ0v) is 14.5. The molecule has 3 rings (SSSR count). The van der Waals surface area contributed by atoms with Gasteiger partial charge in [-0.1, -0.05) is 6.92 Å². The van der Waals surface area contributed by atoms with Crippen LogP contribution in [0.3, 0.4) is 0 Å². The quantitative estimate of drug-likeness (QED) is 0.634. The van der Waals surface area contributed by atoms with Gasteiger partial charge in [0.1, 0.15) is 5.72 Å². The van der Waals surface area contributed by atoms with Crippen LogP contribution < -0.4 is 0 Å². The molecule has 2 fully saturated rings. The van der Waals surface area contributed by atoms with Crippen LogP contribution in [0.15, 0.2) is 24.3 Å². The van der Waals surface area contributed by atoms with E-state index in [1.54, 1.807) is 0 Å². The minimum absolute atomic E-state index is 0.0554. The van der Waals surface area contributed by atoms with Crippen LogP contribution in [0.4, 0.5) is 5.69 Å². The lowest BCUT2D eigenvalue weighted by Gasteiger charge is -2.44. The first kappa shape index (κ1) is 18.3. The van der Waals surface area contributed by atoms with Crippen molar-refractivity contribution >= 4 is 17.6 Å². The summed E-state index contributed by atoms with van der Waals surface area (Å²) in [6.07, 6.45) is 1.06. The highest BCUT2D eigenvalue weighted by Gasteiger charge is 2.53. The molecule has 1 spiro atoms. The fraction of sp³-hybridized carbons (Fsp3) is 0.529. The minimum Gasteiger partial charge on any atom is -0.480 e. The van der Waals surface area contributed by atoms with E-state index in [1.807, 2.05) is 6.92 Å². The summed E-state index contributed by atoms with van der Waals surface area (Å²) in [4.78, 5) is 38.5. The number of carbonyl (C=O) groups excluding carboxylic acids is 1. The topological polar surface area (TPSA) is 113 Å². The van der Waals surface area contributed by atoms with E-state index >= 15 is 0 Å². The lowest BCUT2D eigenvalue weighted by atomic mass is 9.96. The van der Waals surface area contributed by atoms with E-state index in [1.165, 1.54) is 29.2 Å². The molecule has 1 aromatic carbocycles. The number of nitro benzene ring substituents is 1. The second-order valence-corrected chi connectivity index (χ2v) is 6.52. The number of nitro groups is 1. The maximum absolute atomic E-state index is 13.1. The lowest BCUT2D eigenvalue weighted by Crippen LogP contribution is -2.58. The highest BCUT2D eigenvalue weighted by Crippen LogP contribution is 2.38. The molecule has 0 saturated carbocycles.